The molecule has 66 valence electrons. The van der Waals surface area contributed by atoms with Crippen molar-refractivity contribution in [3.63, 3.8) is 0 Å². The summed E-state index contributed by atoms with van der Waals surface area (Å²) < 4.78 is 0. The topological polar surface area (TPSA) is 52.9 Å². The van der Waals surface area contributed by atoms with Gasteiger partial charge in [-0.15, -0.1) is 11.6 Å². The highest BCUT2D eigenvalue weighted by Gasteiger charge is 2.03. The van der Waals surface area contributed by atoms with Crippen LogP contribution < -0.4 is 5.32 Å². The summed E-state index contributed by atoms with van der Waals surface area (Å²) in [5.74, 6) is -0.271. The molecule has 1 aromatic carbocycles. The zero-order chi connectivity index (χ0) is 9.68. The molecule has 0 aliphatic carbocycles. The molecule has 13 heavy (non-hydrogen) atoms. The Hall–Kier alpha value is -1.53. The van der Waals surface area contributed by atoms with E-state index in [0.717, 1.165) is 0 Å². The number of nitrogens with one attached hydrogen (secondary N) is 1. The van der Waals surface area contributed by atoms with E-state index in [9.17, 15) is 4.79 Å². The molecule has 0 atom stereocenters. The van der Waals surface area contributed by atoms with Crippen LogP contribution in [0.1, 0.15) is 15.9 Å². The molecule has 0 aliphatic heterocycles. The van der Waals surface area contributed by atoms with Crippen LogP contribution in [-0.4, -0.2) is 11.9 Å². The Morgan fingerprint density at radius 3 is 3.00 bits per heavy atom. The normalized spacial score (nSPS) is 8.92. The molecule has 1 N–H and O–H groups in total. The molecule has 1 amide bonds. The Bertz CT molecular complexity index is 357. The molecule has 0 aliphatic rings. The highest BCUT2D eigenvalue weighted by molar-refractivity contribution is 6.19. The lowest BCUT2D eigenvalue weighted by Crippen LogP contribution is -2.21. The summed E-state index contributed by atoms with van der Waals surface area (Å²) in [5, 5.41) is 11.0. The van der Waals surface area contributed by atoms with Gasteiger partial charge in [0.25, 0.3) is 5.91 Å². The smallest absolute Gasteiger partial charge is 0.252 e. The molecule has 3 nitrogen and oxygen atoms in total. The molecule has 0 radical (unpaired) electrons. The minimum Gasteiger partial charge on any atom is -0.339 e. The Morgan fingerprint density at radius 1 is 1.62 bits per heavy atom. The van der Waals surface area contributed by atoms with Gasteiger partial charge in [0.15, 0.2) is 0 Å². The van der Waals surface area contributed by atoms with Crippen LogP contribution in [-0.2, 0) is 0 Å². The SMILES string of the molecule is N#Cc1cccc(C(=O)NCCl)c1. The van der Waals surface area contributed by atoms with Crippen molar-refractivity contribution in [1.82, 2.24) is 5.32 Å². The molecule has 0 heterocycles. The van der Waals surface area contributed by atoms with Crippen molar-refractivity contribution >= 4 is 17.5 Å². The first-order valence-electron chi connectivity index (χ1n) is 3.62. The van der Waals surface area contributed by atoms with Crippen LogP contribution in [0.5, 0.6) is 0 Å². The predicted octanol–water partition coefficient (Wildman–Crippen LogP) is 1.48. The predicted molar refractivity (Wildman–Crippen MR) is 49.3 cm³/mol. The molecule has 0 saturated carbocycles. The molecular formula is C9H7ClN2O. The molecule has 0 spiro atoms. The third-order valence-corrected chi connectivity index (χ3v) is 1.61. The van der Waals surface area contributed by atoms with E-state index in [2.05, 4.69) is 5.32 Å². The third-order valence-electron chi connectivity index (χ3n) is 1.48. The van der Waals surface area contributed by atoms with Crippen LogP contribution in [0, 0.1) is 11.3 Å². The van der Waals surface area contributed by atoms with E-state index in [4.69, 9.17) is 16.9 Å². The summed E-state index contributed by atoms with van der Waals surface area (Å²) in [6.07, 6.45) is 0. The first-order chi connectivity index (χ1) is 6.27. The van der Waals surface area contributed by atoms with E-state index < -0.39 is 0 Å². The maximum Gasteiger partial charge on any atom is 0.252 e. The number of hydrogen-bond acceptors (Lipinski definition) is 2. The number of halogens is 1. The Labute approximate surface area is 80.9 Å². The number of hydrogen-bond donors (Lipinski definition) is 1. The number of carbonyl (C=O) groups is 1. The summed E-state index contributed by atoms with van der Waals surface area (Å²) in [6.45, 7) is 0. The van der Waals surface area contributed by atoms with E-state index in [-0.39, 0.29) is 11.9 Å². The van der Waals surface area contributed by atoms with Gasteiger partial charge < -0.3 is 5.32 Å². The fourth-order valence-electron chi connectivity index (χ4n) is 0.893. The molecule has 0 unspecified atom stereocenters. The second-order valence-corrected chi connectivity index (χ2v) is 2.60. The van der Waals surface area contributed by atoms with Gasteiger partial charge in [-0.05, 0) is 18.2 Å². The quantitative estimate of drug-likeness (QED) is 0.573. The lowest BCUT2D eigenvalue weighted by molar-refractivity contribution is 0.0960. The largest absolute Gasteiger partial charge is 0.339 e. The standard InChI is InChI=1S/C9H7ClN2O/c10-6-12-9(13)8-3-1-2-7(4-8)5-11/h1-4H,6H2,(H,12,13). The van der Waals surface area contributed by atoms with Crippen molar-refractivity contribution in [3.05, 3.63) is 35.4 Å². The number of carbonyl (C=O) groups excluding carboxylic acids is 1. The van der Waals surface area contributed by atoms with Crippen LogP contribution in [0.2, 0.25) is 0 Å². The van der Waals surface area contributed by atoms with Gasteiger partial charge in [0.05, 0.1) is 17.6 Å². The van der Waals surface area contributed by atoms with Crippen molar-refractivity contribution in [1.29, 1.82) is 5.26 Å². The average Bonchev–Trinajstić information content (AvgIpc) is 2.18. The monoisotopic (exact) mass is 194 g/mol. The number of nitriles is 1. The molecular weight excluding hydrogens is 188 g/mol. The number of nitrogens with zero attached hydrogens (tertiary/aromatic N) is 1. The minimum absolute atomic E-state index is 0.0651. The second kappa shape index (κ2) is 4.48. The molecule has 4 heteroatoms. The molecule has 0 aromatic heterocycles. The molecule has 1 rings (SSSR count). The molecule has 1 aromatic rings. The van der Waals surface area contributed by atoms with Crippen LogP contribution in [0.4, 0.5) is 0 Å². The number of rotatable bonds is 2. The summed E-state index contributed by atoms with van der Waals surface area (Å²) >= 11 is 5.32. The first kappa shape index (κ1) is 9.56. The van der Waals surface area contributed by atoms with E-state index in [0.29, 0.717) is 11.1 Å². The fraction of sp³-hybridized carbons (Fsp3) is 0.111. The zero-order valence-corrected chi connectivity index (χ0v) is 7.51. The van der Waals surface area contributed by atoms with Crippen LogP contribution >= 0.6 is 11.6 Å². The van der Waals surface area contributed by atoms with E-state index in [1.807, 2.05) is 6.07 Å². The van der Waals surface area contributed by atoms with Gasteiger partial charge in [-0.1, -0.05) is 6.07 Å². The first-order valence-corrected chi connectivity index (χ1v) is 4.15. The van der Waals surface area contributed by atoms with Crippen molar-refractivity contribution in [2.75, 3.05) is 6.00 Å². The summed E-state index contributed by atoms with van der Waals surface area (Å²) in [7, 11) is 0. The van der Waals surface area contributed by atoms with Gasteiger partial charge in [-0.25, -0.2) is 0 Å². The second-order valence-electron chi connectivity index (χ2n) is 2.33. The zero-order valence-electron chi connectivity index (χ0n) is 6.75. The van der Waals surface area contributed by atoms with Gasteiger partial charge in [0, 0.05) is 5.56 Å². The number of benzene rings is 1. The fourth-order valence-corrected chi connectivity index (χ4v) is 1.01. The summed E-state index contributed by atoms with van der Waals surface area (Å²) in [6, 6.07) is 8.45. The maximum absolute atomic E-state index is 11.2. The van der Waals surface area contributed by atoms with Crippen molar-refractivity contribution in [3.8, 4) is 6.07 Å². The molecule has 0 saturated heterocycles. The third kappa shape index (κ3) is 2.46. The van der Waals surface area contributed by atoms with Crippen molar-refractivity contribution < 1.29 is 4.79 Å². The van der Waals surface area contributed by atoms with Crippen LogP contribution in [0.25, 0.3) is 0 Å². The van der Waals surface area contributed by atoms with Gasteiger partial charge >= 0.3 is 0 Å². The Kier molecular flexibility index (Phi) is 3.30. The van der Waals surface area contributed by atoms with Gasteiger partial charge in [-0.3, -0.25) is 4.79 Å². The molecule has 0 bridgehead atoms. The Morgan fingerprint density at radius 2 is 2.38 bits per heavy atom. The number of amides is 1. The number of alkyl halides is 1. The van der Waals surface area contributed by atoms with Gasteiger partial charge in [-0.2, -0.15) is 5.26 Å². The summed E-state index contributed by atoms with van der Waals surface area (Å²) in [4.78, 5) is 11.2. The van der Waals surface area contributed by atoms with Gasteiger partial charge in [0.2, 0.25) is 0 Å². The molecule has 0 fully saturated rings. The van der Waals surface area contributed by atoms with E-state index in [1.165, 1.54) is 6.07 Å². The van der Waals surface area contributed by atoms with E-state index in [1.54, 1.807) is 18.2 Å². The van der Waals surface area contributed by atoms with E-state index >= 15 is 0 Å². The highest BCUT2D eigenvalue weighted by Crippen LogP contribution is 2.03. The van der Waals surface area contributed by atoms with Crippen LogP contribution in [0.15, 0.2) is 24.3 Å². The van der Waals surface area contributed by atoms with Crippen LogP contribution in [0.3, 0.4) is 0 Å². The van der Waals surface area contributed by atoms with Crippen molar-refractivity contribution in [2.24, 2.45) is 0 Å². The lowest BCUT2D eigenvalue weighted by Gasteiger charge is -2.00. The van der Waals surface area contributed by atoms with Gasteiger partial charge in [0.1, 0.15) is 0 Å². The summed E-state index contributed by atoms with van der Waals surface area (Å²) in [5.41, 5.74) is 0.905. The Balaban J connectivity index is 2.90. The highest BCUT2D eigenvalue weighted by atomic mass is 35.5. The minimum atomic E-state index is -0.271. The lowest BCUT2D eigenvalue weighted by atomic mass is 10.1. The van der Waals surface area contributed by atoms with Crippen molar-refractivity contribution in [2.45, 2.75) is 0 Å². The maximum atomic E-state index is 11.2. The average molecular weight is 195 g/mol.